The number of benzene rings is 1. The number of aromatic nitrogens is 1. The molecule has 1 fully saturated rings. The lowest BCUT2D eigenvalue weighted by atomic mass is 10.00. The maximum absolute atomic E-state index is 13.8. The number of halogens is 1. The summed E-state index contributed by atoms with van der Waals surface area (Å²) in [7, 11) is 1.59. The topological polar surface area (TPSA) is 64.4 Å². The molecule has 1 aromatic carbocycles. The minimum atomic E-state index is -0.658. The monoisotopic (exact) mass is 318 g/mol. The maximum atomic E-state index is 13.8. The molecule has 1 unspecified atom stereocenters. The van der Waals surface area contributed by atoms with E-state index in [4.69, 9.17) is 9.26 Å². The Labute approximate surface area is 133 Å². The average Bonchev–Trinajstić information content (AvgIpc) is 3.19. The fourth-order valence-corrected chi connectivity index (χ4v) is 2.67. The molecule has 1 N–H and O–H groups in total. The summed E-state index contributed by atoms with van der Waals surface area (Å²) in [4.78, 5) is 12.5. The summed E-state index contributed by atoms with van der Waals surface area (Å²) in [5.74, 6) is -0.129. The van der Waals surface area contributed by atoms with Gasteiger partial charge in [0.25, 0.3) is 0 Å². The Kier molecular flexibility index (Phi) is 4.17. The zero-order valence-corrected chi connectivity index (χ0v) is 13.1. The van der Waals surface area contributed by atoms with E-state index in [0.717, 1.165) is 0 Å². The number of hydrogen-bond acceptors (Lipinski definition) is 4. The Balaban J connectivity index is 1.80. The molecular formula is C17H19FN2O3. The molecule has 5 nitrogen and oxygen atoms in total. The highest BCUT2D eigenvalue weighted by Crippen LogP contribution is 2.48. The average molecular weight is 318 g/mol. The van der Waals surface area contributed by atoms with E-state index in [-0.39, 0.29) is 17.8 Å². The van der Waals surface area contributed by atoms with Crippen LogP contribution in [-0.2, 0) is 14.9 Å². The van der Waals surface area contributed by atoms with E-state index >= 15 is 0 Å². The van der Waals surface area contributed by atoms with Gasteiger partial charge in [0.1, 0.15) is 5.82 Å². The lowest BCUT2D eigenvalue weighted by molar-refractivity contribution is -0.124. The number of hydrogen-bond donors (Lipinski definition) is 1. The Bertz CT molecular complexity index is 709. The van der Waals surface area contributed by atoms with Crippen molar-refractivity contribution in [2.45, 2.75) is 31.2 Å². The molecule has 2 aromatic rings. The van der Waals surface area contributed by atoms with Crippen LogP contribution >= 0.6 is 0 Å². The van der Waals surface area contributed by atoms with Crippen molar-refractivity contribution in [3.05, 3.63) is 41.8 Å². The summed E-state index contributed by atoms with van der Waals surface area (Å²) in [6.07, 6.45) is 1.42. The molecule has 0 radical (unpaired) electrons. The fraction of sp³-hybridized carbons (Fsp3) is 0.412. The molecule has 1 atom stereocenters. The molecule has 0 aliphatic heterocycles. The molecule has 3 rings (SSSR count). The van der Waals surface area contributed by atoms with Crippen molar-refractivity contribution in [1.29, 1.82) is 0 Å². The molecule has 1 aliphatic rings. The van der Waals surface area contributed by atoms with Gasteiger partial charge in [-0.1, -0.05) is 17.3 Å². The SMILES string of the molecule is COCC(C)NC(=O)C1(c2cc(-c3ccccc3F)on2)CC1. The highest BCUT2D eigenvalue weighted by Gasteiger charge is 2.54. The van der Waals surface area contributed by atoms with Gasteiger partial charge in [-0.3, -0.25) is 4.79 Å². The van der Waals surface area contributed by atoms with Gasteiger partial charge in [0.05, 0.1) is 23.3 Å². The molecule has 1 aromatic heterocycles. The highest BCUT2D eigenvalue weighted by atomic mass is 19.1. The molecular weight excluding hydrogens is 299 g/mol. The highest BCUT2D eigenvalue weighted by molar-refractivity contribution is 5.91. The van der Waals surface area contributed by atoms with E-state index < -0.39 is 5.41 Å². The van der Waals surface area contributed by atoms with Crippen molar-refractivity contribution >= 4 is 5.91 Å². The minimum absolute atomic E-state index is 0.0806. The Morgan fingerprint density at radius 2 is 2.22 bits per heavy atom. The summed E-state index contributed by atoms with van der Waals surface area (Å²) < 4.78 is 24.1. The second-order valence-electron chi connectivity index (χ2n) is 5.97. The second kappa shape index (κ2) is 6.12. The number of methoxy groups -OCH3 is 1. The van der Waals surface area contributed by atoms with Gasteiger partial charge in [0, 0.05) is 19.2 Å². The van der Waals surface area contributed by atoms with E-state index in [0.29, 0.717) is 36.5 Å². The van der Waals surface area contributed by atoms with Crippen molar-refractivity contribution < 1.29 is 18.4 Å². The molecule has 0 saturated heterocycles. The van der Waals surface area contributed by atoms with Crippen LogP contribution < -0.4 is 5.32 Å². The first-order chi connectivity index (χ1) is 11.1. The Hall–Kier alpha value is -2.21. The number of nitrogens with zero attached hydrogens (tertiary/aromatic N) is 1. The van der Waals surface area contributed by atoms with Gasteiger partial charge in [-0.2, -0.15) is 0 Å². The van der Waals surface area contributed by atoms with Gasteiger partial charge in [0.2, 0.25) is 5.91 Å². The lowest BCUT2D eigenvalue weighted by Crippen LogP contribution is -2.42. The first kappa shape index (κ1) is 15.7. The zero-order valence-electron chi connectivity index (χ0n) is 13.1. The van der Waals surface area contributed by atoms with Gasteiger partial charge in [-0.15, -0.1) is 0 Å². The van der Waals surface area contributed by atoms with Crippen LogP contribution in [0.25, 0.3) is 11.3 Å². The third-order valence-corrected chi connectivity index (χ3v) is 4.12. The number of ether oxygens (including phenoxy) is 1. The number of amides is 1. The Morgan fingerprint density at radius 3 is 2.87 bits per heavy atom. The summed E-state index contributed by atoms with van der Waals surface area (Å²) in [5, 5.41) is 6.93. The van der Waals surface area contributed by atoms with Gasteiger partial charge >= 0.3 is 0 Å². The summed E-state index contributed by atoms with van der Waals surface area (Å²) in [5.41, 5.74) is 0.239. The largest absolute Gasteiger partial charge is 0.383 e. The van der Waals surface area contributed by atoms with E-state index in [1.165, 1.54) is 6.07 Å². The van der Waals surface area contributed by atoms with Crippen LogP contribution in [0.2, 0.25) is 0 Å². The fourth-order valence-electron chi connectivity index (χ4n) is 2.67. The number of carbonyl (C=O) groups excluding carboxylic acids is 1. The molecule has 6 heteroatoms. The van der Waals surface area contributed by atoms with Crippen LogP contribution in [0.4, 0.5) is 4.39 Å². The quantitative estimate of drug-likeness (QED) is 0.889. The number of rotatable bonds is 6. The van der Waals surface area contributed by atoms with Crippen LogP contribution in [0.1, 0.15) is 25.5 Å². The second-order valence-corrected chi connectivity index (χ2v) is 5.97. The molecule has 0 bridgehead atoms. The van der Waals surface area contributed by atoms with Crippen LogP contribution in [0.3, 0.4) is 0 Å². The molecule has 1 saturated carbocycles. The van der Waals surface area contributed by atoms with Gasteiger partial charge in [0.15, 0.2) is 5.76 Å². The van der Waals surface area contributed by atoms with Crippen LogP contribution in [-0.4, -0.2) is 30.8 Å². The first-order valence-corrected chi connectivity index (χ1v) is 7.59. The Morgan fingerprint density at radius 1 is 1.48 bits per heavy atom. The van der Waals surface area contributed by atoms with Crippen molar-refractivity contribution in [3.63, 3.8) is 0 Å². The smallest absolute Gasteiger partial charge is 0.232 e. The standard InChI is InChI=1S/C17H19FN2O3/c1-11(10-22-2)19-16(21)17(7-8-17)15-9-14(23-20-15)12-5-3-4-6-13(12)18/h3-6,9,11H,7-8,10H2,1-2H3,(H,19,21). The summed E-state index contributed by atoms with van der Waals surface area (Å²) in [6.45, 7) is 2.33. The van der Waals surface area contributed by atoms with E-state index in [9.17, 15) is 9.18 Å². The van der Waals surface area contributed by atoms with Crippen molar-refractivity contribution in [2.24, 2.45) is 0 Å². The van der Waals surface area contributed by atoms with Crippen LogP contribution in [0, 0.1) is 5.82 Å². The maximum Gasteiger partial charge on any atom is 0.232 e. The van der Waals surface area contributed by atoms with E-state index in [1.54, 1.807) is 31.4 Å². The predicted molar refractivity (Wildman–Crippen MR) is 82.3 cm³/mol. The van der Waals surface area contributed by atoms with Gasteiger partial charge in [-0.25, -0.2) is 4.39 Å². The molecule has 0 spiro atoms. The molecule has 1 aliphatic carbocycles. The third-order valence-electron chi connectivity index (χ3n) is 4.12. The van der Waals surface area contributed by atoms with Crippen LogP contribution in [0.5, 0.6) is 0 Å². The molecule has 122 valence electrons. The number of nitrogens with one attached hydrogen (secondary N) is 1. The first-order valence-electron chi connectivity index (χ1n) is 7.59. The van der Waals surface area contributed by atoms with E-state index in [2.05, 4.69) is 10.5 Å². The molecule has 23 heavy (non-hydrogen) atoms. The van der Waals surface area contributed by atoms with Crippen LogP contribution in [0.15, 0.2) is 34.9 Å². The van der Waals surface area contributed by atoms with E-state index in [1.807, 2.05) is 6.92 Å². The lowest BCUT2D eigenvalue weighted by Gasteiger charge is -2.17. The van der Waals surface area contributed by atoms with Gasteiger partial charge < -0.3 is 14.6 Å². The van der Waals surface area contributed by atoms with Crippen molar-refractivity contribution in [3.8, 4) is 11.3 Å². The summed E-state index contributed by atoms with van der Waals surface area (Å²) in [6, 6.07) is 7.91. The zero-order chi connectivity index (χ0) is 16.4. The minimum Gasteiger partial charge on any atom is -0.383 e. The predicted octanol–water partition coefficient (Wildman–Crippen LogP) is 2.66. The number of carbonyl (C=O) groups is 1. The molecule has 1 heterocycles. The molecule has 1 amide bonds. The normalized spacial score (nSPS) is 16.8. The third kappa shape index (κ3) is 2.99. The van der Waals surface area contributed by atoms with Crippen molar-refractivity contribution in [2.75, 3.05) is 13.7 Å². The van der Waals surface area contributed by atoms with Gasteiger partial charge in [-0.05, 0) is 31.9 Å². The summed E-state index contributed by atoms with van der Waals surface area (Å²) >= 11 is 0. The van der Waals surface area contributed by atoms with Crippen molar-refractivity contribution in [1.82, 2.24) is 10.5 Å².